The molecule has 1 aliphatic carbocycles. The van der Waals surface area contributed by atoms with Crippen LogP contribution in [-0.4, -0.2) is 29.1 Å². The molecule has 0 amide bonds. The Hall–Kier alpha value is -0.450. The molecule has 1 atom stereocenters. The van der Waals surface area contributed by atoms with Crippen molar-refractivity contribution in [1.29, 1.82) is 0 Å². The molecule has 2 nitrogen and oxygen atoms in total. The number of nitrogens with zero attached hydrogens (tertiary/aromatic N) is 1. The Morgan fingerprint density at radius 1 is 1.33 bits per heavy atom. The van der Waals surface area contributed by atoms with E-state index in [4.69, 9.17) is 0 Å². The molecule has 1 saturated heterocycles. The van der Waals surface area contributed by atoms with Crippen LogP contribution in [0.15, 0.2) is 22.7 Å². The quantitative estimate of drug-likeness (QED) is 0.884. The molecule has 1 aromatic carbocycles. The number of benzene rings is 1. The number of piperazine rings is 1. The minimum atomic E-state index is -0.193. The highest BCUT2D eigenvalue weighted by Gasteiger charge is 2.47. The summed E-state index contributed by atoms with van der Waals surface area (Å²) in [5, 5.41) is 3.77. The summed E-state index contributed by atoms with van der Waals surface area (Å²) in [4.78, 5) is 2.54. The van der Waals surface area contributed by atoms with E-state index >= 15 is 0 Å². The van der Waals surface area contributed by atoms with Crippen LogP contribution < -0.4 is 5.32 Å². The average Bonchev–Trinajstić information content (AvgIpc) is 3.24. The van der Waals surface area contributed by atoms with Gasteiger partial charge in [-0.05, 0) is 73.2 Å². The lowest BCUT2D eigenvalue weighted by Gasteiger charge is -2.51. The number of rotatable bonds is 3. The largest absolute Gasteiger partial charge is 0.308 e. The normalized spacial score (nSPS) is 29.6. The minimum Gasteiger partial charge on any atom is -0.308 e. The molecule has 1 heterocycles. The van der Waals surface area contributed by atoms with E-state index in [1.54, 1.807) is 6.07 Å². The molecule has 116 valence electrons. The number of halogens is 2. The van der Waals surface area contributed by atoms with Crippen LogP contribution in [-0.2, 0) is 6.54 Å². The van der Waals surface area contributed by atoms with E-state index in [1.165, 1.54) is 12.8 Å². The predicted molar refractivity (Wildman–Crippen MR) is 87.7 cm³/mol. The second-order valence-corrected chi connectivity index (χ2v) is 8.32. The Bertz CT molecular complexity index is 542. The van der Waals surface area contributed by atoms with Gasteiger partial charge in [0.15, 0.2) is 0 Å². The van der Waals surface area contributed by atoms with Gasteiger partial charge in [-0.25, -0.2) is 4.39 Å². The monoisotopic (exact) mass is 354 g/mol. The molecule has 4 heteroatoms. The van der Waals surface area contributed by atoms with E-state index in [0.717, 1.165) is 31.1 Å². The molecule has 1 unspecified atom stereocenters. The van der Waals surface area contributed by atoms with Crippen molar-refractivity contribution in [1.82, 2.24) is 10.2 Å². The van der Waals surface area contributed by atoms with Crippen LogP contribution in [0.1, 0.15) is 39.2 Å². The van der Waals surface area contributed by atoms with Gasteiger partial charge >= 0.3 is 0 Å². The van der Waals surface area contributed by atoms with Gasteiger partial charge in [-0.1, -0.05) is 6.07 Å². The van der Waals surface area contributed by atoms with Gasteiger partial charge in [-0.2, -0.15) is 0 Å². The lowest BCUT2D eigenvalue weighted by Crippen LogP contribution is -2.67. The standard InChI is InChI=1S/C17H24BrFN2/c1-16(2)10-20-17(3,13-5-6-13)11-21(16)9-12-4-7-15(19)14(18)8-12/h4,7-8,13,20H,5-6,9-11H2,1-3H3. The number of hydrogen-bond acceptors (Lipinski definition) is 2. The molecule has 21 heavy (non-hydrogen) atoms. The molecular weight excluding hydrogens is 331 g/mol. The van der Waals surface area contributed by atoms with Gasteiger partial charge in [0.05, 0.1) is 4.47 Å². The Labute approximate surface area is 135 Å². The summed E-state index contributed by atoms with van der Waals surface area (Å²) in [6, 6.07) is 5.35. The summed E-state index contributed by atoms with van der Waals surface area (Å²) in [5.41, 5.74) is 1.51. The molecule has 0 aromatic heterocycles. The smallest absolute Gasteiger partial charge is 0.137 e. The van der Waals surface area contributed by atoms with Crippen LogP contribution in [0, 0.1) is 11.7 Å². The molecule has 1 saturated carbocycles. The fraction of sp³-hybridized carbons (Fsp3) is 0.647. The summed E-state index contributed by atoms with van der Waals surface area (Å²) in [7, 11) is 0. The first kappa shape index (κ1) is 15.4. The van der Waals surface area contributed by atoms with Gasteiger partial charge < -0.3 is 5.32 Å². The van der Waals surface area contributed by atoms with Gasteiger partial charge in [0.2, 0.25) is 0 Å². The molecule has 1 aromatic rings. The summed E-state index contributed by atoms with van der Waals surface area (Å²) in [5.74, 6) is 0.622. The topological polar surface area (TPSA) is 15.3 Å². The zero-order valence-corrected chi connectivity index (χ0v) is 14.6. The predicted octanol–water partition coefficient (Wildman–Crippen LogP) is 3.94. The fourth-order valence-corrected chi connectivity index (χ4v) is 3.74. The first-order chi connectivity index (χ1) is 9.80. The third kappa shape index (κ3) is 3.17. The SMILES string of the molecule is CC1(C2CC2)CN(Cc2ccc(F)c(Br)c2)C(C)(C)CN1. The van der Waals surface area contributed by atoms with Gasteiger partial charge in [-0.3, -0.25) is 4.90 Å². The van der Waals surface area contributed by atoms with Crippen LogP contribution in [0.5, 0.6) is 0 Å². The maximum atomic E-state index is 13.4. The van der Waals surface area contributed by atoms with Crippen molar-refractivity contribution in [2.24, 2.45) is 5.92 Å². The van der Waals surface area contributed by atoms with Gasteiger partial charge in [0.25, 0.3) is 0 Å². The van der Waals surface area contributed by atoms with Crippen molar-refractivity contribution in [3.8, 4) is 0 Å². The van der Waals surface area contributed by atoms with Crippen molar-refractivity contribution >= 4 is 15.9 Å². The molecule has 0 spiro atoms. The Balaban J connectivity index is 1.78. The lowest BCUT2D eigenvalue weighted by atomic mass is 9.86. The van der Waals surface area contributed by atoms with Crippen LogP contribution in [0.25, 0.3) is 0 Å². The van der Waals surface area contributed by atoms with Gasteiger partial charge in [-0.15, -0.1) is 0 Å². The fourth-order valence-electron chi connectivity index (χ4n) is 3.32. The zero-order chi connectivity index (χ0) is 15.3. The van der Waals surface area contributed by atoms with Crippen LogP contribution in [0.4, 0.5) is 4.39 Å². The summed E-state index contributed by atoms with van der Waals surface area (Å²) in [6.45, 7) is 9.85. The molecule has 0 radical (unpaired) electrons. The van der Waals surface area contributed by atoms with E-state index in [-0.39, 0.29) is 16.9 Å². The highest BCUT2D eigenvalue weighted by Crippen LogP contribution is 2.42. The molecule has 2 fully saturated rings. The zero-order valence-electron chi connectivity index (χ0n) is 13.0. The maximum Gasteiger partial charge on any atom is 0.137 e. The molecule has 2 aliphatic rings. The van der Waals surface area contributed by atoms with Crippen molar-refractivity contribution < 1.29 is 4.39 Å². The van der Waals surface area contributed by atoms with Crippen molar-refractivity contribution in [2.75, 3.05) is 13.1 Å². The molecule has 1 aliphatic heterocycles. The van der Waals surface area contributed by atoms with E-state index in [9.17, 15) is 4.39 Å². The molecular formula is C17H24BrFN2. The van der Waals surface area contributed by atoms with Crippen LogP contribution in [0.2, 0.25) is 0 Å². The first-order valence-electron chi connectivity index (χ1n) is 7.74. The second-order valence-electron chi connectivity index (χ2n) is 7.46. The van der Waals surface area contributed by atoms with Crippen LogP contribution in [0.3, 0.4) is 0 Å². The Kier molecular flexibility index (Phi) is 3.92. The van der Waals surface area contributed by atoms with E-state index in [2.05, 4.69) is 46.9 Å². The van der Waals surface area contributed by atoms with Crippen molar-refractivity contribution in [3.63, 3.8) is 0 Å². The van der Waals surface area contributed by atoms with E-state index < -0.39 is 0 Å². The number of hydrogen-bond donors (Lipinski definition) is 1. The lowest BCUT2D eigenvalue weighted by molar-refractivity contribution is 0.0178. The minimum absolute atomic E-state index is 0.120. The molecule has 0 bridgehead atoms. The molecule has 1 N–H and O–H groups in total. The molecule has 3 rings (SSSR count). The second kappa shape index (κ2) is 5.32. The third-order valence-corrected chi connectivity index (χ3v) is 5.74. The van der Waals surface area contributed by atoms with E-state index in [0.29, 0.717) is 4.47 Å². The average molecular weight is 355 g/mol. The van der Waals surface area contributed by atoms with E-state index in [1.807, 2.05) is 12.1 Å². The third-order valence-electron chi connectivity index (χ3n) is 5.14. The Morgan fingerprint density at radius 2 is 2.05 bits per heavy atom. The highest BCUT2D eigenvalue weighted by atomic mass is 79.9. The maximum absolute atomic E-state index is 13.4. The van der Waals surface area contributed by atoms with Crippen LogP contribution >= 0.6 is 15.9 Å². The summed E-state index contributed by atoms with van der Waals surface area (Å²) < 4.78 is 13.9. The van der Waals surface area contributed by atoms with Gasteiger partial charge in [0, 0.05) is 30.7 Å². The van der Waals surface area contributed by atoms with Crippen molar-refractivity contribution in [2.45, 2.75) is 51.2 Å². The van der Waals surface area contributed by atoms with Gasteiger partial charge in [0.1, 0.15) is 5.82 Å². The number of nitrogens with one attached hydrogen (secondary N) is 1. The summed E-state index contributed by atoms with van der Waals surface area (Å²) in [6.07, 6.45) is 2.69. The first-order valence-corrected chi connectivity index (χ1v) is 8.53. The highest BCUT2D eigenvalue weighted by molar-refractivity contribution is 9.10. The Morgan fingerprint density at radius 3 is 2.67 bits per heavy atom. The summed E-state index contributed by atoms with van der Waals surface area (Å²) >= 11 is 3.29. The van der Waals surface area contributed by atoms with Crippen molar-refractivity contribution in [3.05, 3.63) is 34.1 Å².